The summed E-state index contributed by atoms with van der Waals surface area (Å²) < 4.78 is 26.8. The Bertz CT molecular complexity index is 966. The van der Waals surface area contributed by atoms with Crippen molar-refractivity contribution in [2.75, 3.05) is 10.8 Å². The number of benzene rings is 2. The highest BCUT2D eigenvalue weighted by Crippen LogP contribution is 2.32. The quantitative estimate of drug-likeness (QED) is 0.760. The first-order valence-corrected chi connectivity index (χ1v) is 9.04. The summed E-state index contributed by atoms with van der Waals surface area (Å²) in [6.45, 7) is 1.69. The van der Waals surface area contributed by atoms with Gasteiger partial charge in [0, 0.05) is 0 Å². The van der Waals surface area contributed by atoms with Crippen LogP contribution in [0, 0.1) is 18.3 Å². The topological polar surface area (TPSA) is 114 Å². The van der Waals surface area contributed by atoms with Gasteiger partial charge in [-0.25, -0.2) is 4.31 Å². The second-order valence-corrected chi connectivity index (χ2v) is 7.52. The molecule has 0 saturated carbocycles. The molecule has 0 aromatic heterocycles. The van der Waals surface area contributed by atoms with Crippen molar-refractivity contribution in [3.8, 4) is 11.8 Å². The van der Waals surface area contributed by atoms with Gasteiger partial charge in [-0.1, -0.05) is 24.3 Å². The summed E-state index contributed by atoms with van der Waals surface area (Å²) in [5.41, 5.74) is 3.15. The van der Waals surface area contributed by atoms with E-state index in [1.165, 1.54) is 12.1 Å². The lowest BCUT2D eigenvalue weighted by Crippen LogP contribution is -2.30. The van der Waals surface area contributed by atoms with Gasteiger partial charge in [-0.2, -0.15) is 18.4 Å². The van der Waals surface area contributed by atoms with Crippen LogP contribution in [-0.2, 0) is 16.6 Å². The van der Waals surface area contributed by atoms with Crippen LogP contribution in [0.2, 0.25) is 0 Å². The lowest BCUT2D eigenvalue weighted by atomic mass is 9.97. The Kier molecular flexibility index (Phi) is 4.39. The molecule has 8 heteroatoms. The summed E-state index contributed by atoms with van der Waals surface area (Å²) >= 11 is 0. The monoisotopic (exact) mass is 359 g/mol. The Balaban J connectivity index is 1.92. The number of aryl methyl sites for hydroxylation is 1. The van der Waals surface area contributed by atoms with Crippen molar-refractivity contribution >= 4 is 15.9 Å². The van der Waals surface area contributed by atoms with Gasteiger partial charge in [0.2, 0.25) is 0 Å². The van der Waals surface area contributed by atoms with Crippen LogP contribution in [0.15, 0.2) is 36.4 Å². The fourth-order valence-corrected chi connectivity index (χ4v) is 4.20. The molecule has 3 N–H and O–H groups in total. The number of rotatable bonds is 3. The maximum atomic E-state index is 11.9. The highest BCUT2D eigenvalue weighted by atomic mass is 32.2. The Morgan fingerprint density at radius 2 is 2.12 bits per heavy atom. The second kappa shape index (κ2) is 6.37. The van der Waals surface area contributed by atoms with Crippen LogP contribution < -0.4 is 9.03 Å². The molecule has 1 atom stereocenters. The van der Waals surface area contributed by atoms with E-state index in [9.17, 15) is 23.9 Å². The lowest BCUT2D eigenvalue weighted by molar-refractivity contribution is 0.183. The molecule has 2 aromatic carbocycles. The summed E-state index contributed by atoms with van der Waals surface area (Å²) in [6.07, 6.45) is -0.777. The molecular formula is C17H17N3O4S. The first-order valence-electron chi connectivity index (χ1n) is 7.60. The Morgan fingerprint density at radius 1 is 1.36 bits per heavy atom. The molecule has 1 unspecified atom stereocenters. The minimum atomic E-state index is -3.87. The SMILES string of the molecule is Cc1cccc(Cc2ccc(N3CC(O)NS3(=O)=O)c(O)c2)c1C#N. The smallest absolute Gasteiger partial charge is 0.304 e. The summed E-state index contributed by atoms with van der Waals surface area (Å²) in [7, 11) is -3.87. The number of aliphatic hydroxyl groups is 1. The van der Waals surface area contributed by atoms with Crippen molar-refractivity contribution in [3.63, 3.8) is 0 Å². The molecule has 2 aromatic rings. The van der Waals surface area contributed by atoms with Crippen LogP contribution in [0.1, 0.15) is 22.3 Å². The molecule has 0 amide bonds. The van der Waals surface area contributed by atoms with Gasteiger partial charge in [0.25, 0.3) is 0 Å². The molecule has 1 heterocycles. The predicted octanol–water partition coefficient (Wildman–Crippen LogP) is 1.14. The second-order valence-electron chi connectivity index (χ2n) is 5.89. The first-order chi connectivity index (χ1) is 11.8. The standard InChI is InChI=1S/C17H17N3O4S/c1-11-3-2-4-13(14(11)9-18)7-12-5-6-15(16(21)8-12)20-10-17(22)19-25(20,23)24/h2-6,8,17,19,21-22H,7,10H2,1H3. The van der Waals surface area contributed by atoms with Crippen LogP contribution in [0.3, 0.4) is 0 Å². The van der Waals surface area contributed by atoms with Crippen LogP contribution in [0.4, 0.5) is 5.69 Å². The van der Waals surface area contributed by atoms with Gasteiger partial charge >= 0.3 is 10.2 Å². The number of hydrogen-bond acceptors (Lipinski definition) is 5. The molecule has 1 aliphatic rings. The Hall–Kier alpha value is -2.60. The van der Waals surface area contributed by atoms with Gasteiger partial charge in [0.1, 0.15) is 12.0 Å². The van der Waals surface area contributed by atoms with E-state index in [0.29, 0.717) is 12.0 Å². The summed E-state index contributed by atoms with van der Waals surface area (Å²) in [4.78, 5) is 0. The number of nitrogens with zero attached hydrogens (tertiary/aromatic N) is 2. The van der Waals surface area contributed by atoms with E-state index < -0.39 is 16.4 Å². The van der Waals surface area contributed by atoms with Gasteiger partial charge in [-0.3, -0.25) is 0 Å². The highest BCUT2D eigenvalue weighted by molar-refractivity contribution is 7.91. The van der Waals surface area contributed by atoms with Crippen LogP contribution >= 0.6 is 0 Å². The number of aliphatic hydroxyl groups excluding tert-OH is 1. The molecule has 7 nitrogen and oxygen atoms in total. The molecule has 1 fully saturated rings. The highest BCUT2D eigenvalue weighted by Gasteiger charge is 2.35. The van der Waals surface area contributed by atoms with E-state index in [4.69, 9.17) is 0 Å². The van der Waals surface area contributed by atoms with Crippen LogP contribution in [0.5, 0.6) is 5.75 Å². The van der Waals surface area contributed by atoms with E-state index in [2.05, 4.69) is 10.8 Å². The zero-order chi connectivity index (χ0) is 18.2. The van der Waals surface area contributed by atoms with Gasteiger partial charge < -0.3 is 10.2 Å². The van der Waals surface area contributed by atoms with E-state index in [-0.39, 0.29) is 18.0 Å². The Morgan fingerprint density at radius 3 is 2.72 bits per heavy atom. The minimum absolute atomic E-state index is 0.0950. The largest absolute Gasteiger partial charge is 0.506 e. The van der Waals surface area contributed by atoms with Crippen molar-refractivity contribution in [2.24, 2.45) is 0 Å². The lowest BCUT2D eigenvalue weighted by Gasteiger charge is -2.17. The van der Waals surface area contributed by atoms with Gasteiger partial charge in [0.15, 0.2) is 0 Å². The third kappa shape index (κ3) is 3.30. The van der Waals surface area contributed by atoms with Gasteiger partial charge in [-0.15, -0.1) is 0 Å². The van der Waals surface area contributed by atoms with E-state index >= 15 is 0 Å². The fourth-order valence-electron chi connectivity index (χ4n) is 2.90. The number of β-amino-alcohol motifs (C(OH)–C–C–N with tert-alkyl or cyclic N) is 1. The number of phenolic OH excluding ortho intramolecular Hbond substituents is 1. The van der Waals surface area contributed by atoms with E-state index in [1.54, 1.807) is 6.07 Å². The number of phenols is 1. The van der Waals surface area contributed by atoms with Crippen molar-refractivity contribution in [3.05, 3.63) is 58.7 Å². The number of nitriles is 1. The maximum absolute atomic E-state index is 11.9. The third-order valence-corrected chi connectivity index (χ3v) is 5.58. The average molecular weight is 359 g/mol. The molecular weight excluding hydrogens is 342 g/mol. The van der Waals surface area contributed by atoms with Crippen molar-refractivity contribution in [1.29, 1.82) is 5.26 Å². The molecule has 25 heavy (non-hydrogen) atoms. The minimum Gasteiger partial charge on any atom is -0.506 e. The predicted molar refractivity (Wildman–Crippen MR) is 92.2 cm³/mol. The molecule has 1 saturated heterocycles. The third-order valence-electron chi connectivity index (χ3n) is 4.09. The fraction of sp³-hybridized carbons (Fsp3) is 0.235. The molecule has 3 rings (SSSR count). The first kappa shape index (κ1) is 17.2. The maximum Gasteiger partial charge on any atom is 0.304 e. The normalized spacial score (nSPS) is 18.9. The van der Waals surface area contributed by atoms with Gasteiger partial charge in [-0.05, 0) is 42.2 Å². The number of hydrogen-bond donors (Lipinski definition) is 3. The molecule has 1 aliphatic heterocycles. The molecule has 0 aliphatic carbocycles. The van der Waals surface area contributed by atoms with Crippen molar-refractivity contribution < 1.29 is 18.6 Å². The Labute approximate surface area is 145 Å². The molecule has 0 bridgehead atoms. The number of aromatic hydroxyl groups is 1. The molecule has 0 radical (unpaired) electrons. The summed E-state index contributed by atoms with van der Waals surface area (Å²) in [5.74, 6) is -0.205. The zero-order valence-electron chi connectivity index (χ0n) is 13.5. The van der Waals surface area contributed by atoms with Crippen molar-refractivity contribution in [2.45, 2.75) is 19.6 Å². The number of nitrogens with one attached hydrogen (secondary N) is 1. The summed E-state index contributed by atoms with van der Waals surface area (Å²) in [6, 6.07) is 12.4. The zero-order valence-corrected chi connectivity index (χ0v) is 14.3. The van der Waals surface area contributed by atoms with Crippen LogP contribution in [-0.4, -0.2) is 31.4 Å². The van der Waals surface area contributed by atoms with E-state index in [0.717, 1.165) is 21.0 Å². The van der Waals surface area contributed by atoms with Gasteiger partial charge in [0.05, 0.1) is 23.9 Å². The van der Waals surface area contributed by atoms with E-state index in [1.807, 2.05) is 25.1 Å². The molecule has 130 valence electrons. The molecule has 0 spiro atoms. The number of anilines is 1. The van der Waals surface area contributed by atoms with Crippen molar-refractivity contribution in [1.82, 2.24) is 4.72 Å². The van der Waals surface area contributed by atoms with Crippen LogP contribution in [0.25, 0.3) is 0 Å². The average Bonchev–Trinajstić information content (AvgIpc) is 2.80. The summed E-state index contributed by atoms with van der Waals surface area (Å²) in [5, 5.41) is 29.0.